The zero-order valence-electron chi connectivity index (χ0n) is 17.5. The molecule has 32 heavy (non-hydrogen) atoms. The number of benzene rings is 1. The first-order valence-corrected chi connectivity index (χ1v) is 11.3. The molecule has 3 aromatic rings. The number of imidazole rings is 1. The van der Waals surface area contributed by atoms with Crippen molar-refractivity contribution in [2.24, 2.45) is 0 Å². The molecule has 0 spiro atoms. The number of fused-ring (bicyclic) bond motifs is 4. The molecule has 2 aliphatic rings. The van der Waals surface area contributed by atoms with Crippen molar-refractivity contribution < 1.29 is 14.4 Å². The summed E-state index contributed by atoms with van der Waals surface area (Å²) in [5.74, 6) is -0.317. The largest absolute Gasteiger partial charge is 0.350 e. The molecule has 1 fully saturated rings. The minimum Gasteiger partial charge on any atom is -0.350 e. The van der Waals surface area contributed by atoms with Gasteiger partial charge in [0.05, 0.1) is 23.5 Å². The number of aromatic nitrogens is 2. The Hall–Kier alpha value is -3.20. The fraction of sp³-hybridized carbons (Fsp3) is 0.304. The van der Waals surface area contributed by atoms with E-state index in [0.717, 1.165) is 15.8 Å². The van der Waals surface area contributed by atoms with Gasteiger partial charge in [0.15, 0.2) is 0 Å². The topological polar surface area (TPSA) is 87.0 Å². The number of anilines is 1. The smallest absolute Gasteiger partial charge is 0.257 e. The zero-order chi connectivity index (χ0) is 22.5. The number of hydrogen-bond donors (Lipinski definition) is 1. The van der Waals surface area contributed by atoms with E-state index in [1.165, 1.54) is 0 Å². The molecule has 5 rings (SSSR count). The van der Waals surface area contributed by atoms with E-state index in [4.69, 9.17) is 0 Å². The molecule has 8 nitrogen and oxygen atoms in total. The molecule has 1 unspecified atom stereocenters. The summed E-state index contributed by atoms with van der Waals surface area (Å²) < 4.78 is 2.83. The van der Waals surface area contributed by atoms with Crippen LogP contribution < -0.4 is 10.2 Å². The summed E-state index contributed by atoms with van der Waals surface area (Å²) in [5, 5.41) is 2.88. The van der Waals surface area contributed by atoms with Crippen LogP contribution in [0.1, 0.15) is 42.2 Å². The lowest BCUT2D eigenvalue weighted by molar-refractivity contribution is -0.121. The van der Waals surface area contributed by atoms with Crippen molar-refractivity contribution in [3.8, 4) is 0 Å². The van der Waals surface area contributed by atoms with Crippen molar-refractivity contribution in [3.63, 3.8) is 0 Å². The van der Waals surface area contributed by atoms with E-state index in [9.17, 15) is 14.4 Å². The number of carbonyl (C=O) groups is 3. The monoisotopic (exact) mass is 495 g/mol. The average Bonchev–Trinajstić information content (AvgIpc) is 3.32. The Morgan fingerprint density at radius 1 is 1.19 bits per heavy atom. The number of nitrogens with one attached hydrogen (secondary N) is 1. The van der Waals surface area contributed by atoms with Gasteiger partial charge in [-0.15, -0.1) is 0 Å². The fourth-order valence-electron chi connectivity index (χ4n) is 4.63. The predicted molar refractivity (Wildman–Crippen MR) is 122 cm³/mol. The van der Waals surface area contributed by atoms with Crippen LogP contribution in [0.15, 0.2) is 53.3 Å². The third-order valence-corrected chi connectivity index (χ3v) is 6.71. The molecule has 1 aromatic carbocycles. The number of carbonyl (C=O) groups excluding carboxylic acids is 3. The van der Waals surface area contributed by atoms with Gasteiger partial charge in [-0.25, -0.2) is 4.98 Å². The molecule has 0 bridgehead atoms. The SMILES string of the molecule is CC12CCC(=O)N1c1ccccc1C(=O)N2CCC(=O)NCc1cn2cc(Br)ccc2n1. The third kappa shape index (κ3) is 3.37. The molecule has 1 N–H and O–H groups in total. The minimum atomic E-state index is -0.752. The zero-order valence-corrected chi connectivity index (χ0v) is 19.1. The van der Waals surface area contributed by atoms with Crippen LogP contribution in [0.25, 0.3) is 5.65 Å². The van der Waals surface area contributed by atoms with E-state index in [-0.39, 0.29) is 30.7 Å². The van der Waals surface area contributed by atoms with E-state index >= 15 is 0 Å². The van der Waals surface area contributed by atoms with Gasteiger partial charge in [0.25, 0.3) is 5.91 Å². The summed E-state index contributed by atoms with van der Waals surface area (Å²) >= 11 is 3.43. The summed E-state index contributed by atoms with van der Waals surface area (Å²) in [7, 11) is 0. The Balaban J connectivity index is 1.28. The Labute approximate surface area is 193 Å². The van der Waals surface area contributed by atoms with E-state index in [1.807, 2.05) is 48.0 Å². The van der Waals surface area contributed by atoms with Crippen molar-refractivity contribution in [2.45, 2.75) is 38.4 Å². The lowest BCUT2D eigenvalue weighted by Crippen LogP contribution is -2.62. The highest BCUT2D eigenvalue weighted by Crippen LogP contribution is 2.43. The maximum atomic E-state index is 13.2. The van der Waals surface area contributed by atoms with E-state index < -0.39 is 5.66 Å². The molecular weight excluding hydrogens is 474 g/mol. The lowest BCUT2D eigenvalue weighted by Gasteiger charge is -2.48. The summed E-state index contributed by atoms with van der Waals surface area (Å²) in [6.45, 7) is 2.44. The third-order valence-electron chi connectivity index (χ3n) is 6.24. The van der Waals surface area contributed by atoms with Crippen LogP contribution in [0.4, 0.5) is 5.69 Å². The standard InChI is InChI=1S/C23H22BrN5O3/c1-23-10-8-21(31)29(23)18-5-3-2-4-17(18)22(32)28(23)11-9-20(30)25-12-16-14-27-13-15(24)6-7-19(27)26-16/h2-7,13-14H,8-12H2,1H3,(H,25,30). The summed E-state index contributed by atoms with van der Waals surface area (Å²) in [6, 6.07) is 11.0. The van der Waals surface area contributed by atoms with Crippen molar-refractivity contribution >= 4 is 45.0 Å². The van der Waals surface area contributed by atoms with Crippen LogP contribution in [0.2, 0.25) is 0 Å². The van der Waals surface area contributed by atoms with Crippen molar-refractivity contribution in [3.05, 3.63) is 64.5 Å². The minimum absolute atomic E-state index is 0.000358. The van der Waals surface area contributed by atoms with Crippen LogP contribution in [-0.4, -0.2) is 44.2 Å². The number of hydrogen-bond acceptors (Lipinski definition) is 4. The number of nitrogens with zero attached hydrogens (tertiary/aromatic N) is 4. The average molecular weight is 496 g/mol. The summed E-state index contributed by atoms with van der Waals surface area (Å²) in [6.07, 6.45) is 4.84. The first-order valence-electron chi connectivity index (χ1n) is 10.5. The Bertz CT molecular complexity index is 1260. The number of halogens is 1. The van der Waals surface area contributed by atoms with Gasteiger partial charge in [-0.2, -0.15) is 0 Å². The molecule has 2 aliphatic heterocycles. The Morgan fingerprint density at radius 2 is 2.00 bits per heavy atom. The highest BCUT2D eigenvalue weighted by Gasteiger charge is 2.52. The van der Waals surface area contributed by atoms with E-state index in [1.54, 1.807) is 21.9 Å². The molecule has 164 valence electrons. The molecule has 1 saturated heterocycles. The maximum Gasteiger partial charge on any atom is 0.257 e. The molecule has 9 heteroatoms. The van der Waals surface area contributed by atoms with Gasteiger partial charge in [-0.3, -0.25) is 19.3 Å². The second-order valence-electron chi connectivity index (χ2n) is 8.29. The van der Waals surface area contributed by atoms with Crippen molar-refractivity contribution in [1.82, 2.24) is 19.6 Å². The van der Waals surface area contributed by atoms with Gasteiger partial charge >= 0.3 is 0 Å². The molecule has 1 atom stereocenters. The van der Waals surface area contributed by atoms with E-state index in [0.29, 0.717) is 30.6 Å². The van der Waals surface area contributed by atoms with Crippen LogP contribution in [0.3, 0.4) is 0 Å². The summed E-state index contributed by atoms with van der Waals surface area (Å²) in [5.41, 5.74) is 1.95. The van der Waals surface area contributed by atoms with Crippen LogP contribution in [0.5, 0.6) is 0 Å². The molecule has 2 aromatic heterocycles. The Morgan fingerprint density at radius 3 is 2.84 bits per heavy atom. The predicted octanol–water partition coefficient (Wildman–Crippen LogP) is 3.10. The van der Waals surface area contributed by atoms with Crippen LogP contribution in [-0.2, 0) is 16.1 Å². The first kappa shape index (κ1) is 20.7. The maximum absolute atomic E-state index is 13.2. The molecule has 3 amide bonds. The van der Waals surface area contributed by atoms with Crippen molar-refractivity contribution in [2.75, 3.05) is 11.4 Å². The second kappa shape index (κ2) is 7.74. The first-order chi connectivity index (χ1) is 15.4. The Kier molecular flexibility index (Phi) is 5.00. The van der Waals surface area contributed by atoms with Crippen LogP contribution in [0, 0.1) is 0 Å². The van der Waals surface area contributed by atoms with Gasteiger partial charge < -0.3 is 14.6 Å². The van der Waals surface area contributed by atoms with Gasteiger partial charge in [0, 0.05) is 36.3 Å². The van der Waals surface area contributed by atoms with Gasteiger partial charge in [0.1, 0.15) is 11.3 Å². The number of rotatable bonds is 5. The molecule has 4 heterocycles. The van der Waals surface area contributed by atoms with E-state index in [2.05, 4.69) is 26.2 Å². The summed E-state index contributed by atoms with van der Waals surface area (Å²) in [4.78, 5) is 46.3. The fourth-order valence-corrected chi connectivity index (χ4v) is 4.99. The van der Waals surface area contributed by atoms with Crippen molar-refractivity contribution in [1.29, 1.82) is 0 Å². The van der Waals surface area contributed by atoms with Gasteiger partial charge in [0.2, 0.25) is 11.8 Å². The number of para-hydroxylation sites is 1. The molecule has 0 saturated carbocycles. The molecule has 0 aliphatic carbocycles. The number of pyridine rings is 1. The number of amides is 3. The molecular formula is C23H22BrN5O3. The highest BCUT2D eigenvalue weighted by molar-refractivity contribution is 9.10. The molecule has 0 radical (unpaired) electrons. The quantitative estimate of drug-likeness (QED) is 0.588. The highest BCUT2D eigenvalue weighted by atomic mass is 79.9. The normalized spacial score (nSPS) is 19.9. The van der Waals surface area contributed by atoms with Gasteiger partial charge in [-0.1, -0.05) is 12.1 Å². The van der Waals surface area contributed by atoms with Crippen LogP contribution >= 0.6 is 15.9 Å². The second-order valence-corrected chi connectivity index (χ2v) is 9.21. The lowest BCUT2D eigenvalue weighted by atomic mass is 9.98. The van der Waals surface area contributed by atoms with Gasteiger partial charge in [-0.05, 0) is 53.5 Å².